The van der Waals surface area contributed by atoms with Gasteiger partial charge in [0.05, 0.1) is 10.2 Å². The smallest absolute Gasteiger partial charge is 0.289 e. The first-order chi connectivity index (χ1) is 12.6. The summed E-state index contributed by atoms with van der Waals surface area (Å²) in [5.41, 5.74) is 1.82. The molecule has 0 aliphatic heterocycles. The molecule has 0 saturated heterocycles. The molecule has 6 heteroatoms. The van der Waals surface area contributed by atoms with Gasteiger partial charge >= 0.3 is 0 Å². The van der Waals surface area contributed by atoms with Gasteiger partial charge in [-0.2, -0.15) is 0 Å². The lowest BCUT2D eigenvalue weighted by Crippen LogP contribution is -2.25. The standard InChI is InChI=1S/C20H15ClN2O2S/c1-23(12-13-6-2-3-7-14(13)21)20(24)17-11-10-16(25-17)19-22-15-8-4-5-9-18(15)26-19/h2-11H,12H2,1H3. The fraction of sp³-hybridized carbons (Fsp3) is 0.100. The lowest BCUT2D eigenvalue weighted by molar-refractivity contribution is 0.0754. The third-order valence-electron chi connectivity index (χ3n) is 4.03. The lowest BCUT2D eigenvalue weighted by atomic mass is 10.2. The van der Waals surface area contributed by atoms with Gasteiger partial charge in [-0.15, -0.1) is 11.3 Å². The molecule has 0 unspecified atom stereocenters. The first kappa shape index (κ1) is 16.8. The monoisotopic (exact) mass is 382 g/mol. The zero-order chi connectivity index (χ0) is 18.1. The van der Waals surface area contributed by atoms with Gasteiger partial charge in [0.25, 0.3) is 5.91 Å². The van der Waals surface area contributed by atoms with E-state index in [9.17, 15) is 4.79 Å². The number of nitrogens with zero attached hydrogens (tertiary/aromatic N) is 2. The van der Waals surface area contributed by atoms with Crippen molar-refractivity contribution < 1.29 is 9.21 Å². The van der Waals surface area contributed by atoms with E-state index in [4.69, 9.17) is 16.0 Å². The zero-order valence-electron chi connectivity index (χ0n) is 14.0. The number of thiazole rings is 1. The van der Waals surface area contributed by atoms with Crippen LogP contribution in [0.3, 0.4) is 0 Å². The largest absolute Gasteiger partial charge is 0.448 e. The molecule has 0 saturated carbocycles. The lowest BCUT2D eigenvalue weighted by Gasteiger charge is -2.16. The minimum Gasteiger partial charge on any atom is -0.448 e. The van der Waals surface area contributed by atoms with Crippen LogP contribution in [0.1, 0.15) is 16.1 Å². The highest BCUT2D eigenvalue weighted by molar-refractivity contribution is 7.21. The third kappa shape index (κ3) is 3.23. The molecule has 26 heavy (non-hydrogen) atoms. The van der Waals surface area contributed by atoms with Crippen molar-refractivity contribution in [1.29, 1.82) is 0 Å². The molecule has 130 valence electrons. The van der Waals surface area contributed by atoms with Crippen molar-refractivity contribution in [2.45, 2.75) is 6.54 Å². The highest BCUT2D eigenvalue weighted by atomic mass is 35.5. The number of benzene rings is 2. The van der Waals surface area contributed by atoms with Crippen molar-refractivity contribution in [1.82, 2.24) is 9.88 Å². The maximum atomic E-state index is 12.6. The summed E-state index contributed by atoms with van der Waals surface area (Å²) in [7, 11) is 1.73. The molecule has 0 bridgehead atoms. The highest BCUT2D eigenvalue weighted by Crippen LogP contribution is 2.31. The number of fused-ring (bicyclic) bond motifs is 1. The second-order valence-corrected chi connectivity index (χ2v) is 7.34. The van der Waals surface area contributed by atoms with Gasteiger partial charge in [-0.25, -0.2) is 4.98 Å². The van der Waals surface area contributed by atoms with Crippen LogP contribution in [-0.4, -0.2) is 22.8 Å². The Labute approximate surface area is 159 Å². The Balaban J connectivity index is 1.55. The van der Waals surface area contributed by atoms with Crippen molar-refractivity contribution in [3.05, 3.63) is 77.0 Å². The average molecular weight is 383 g/mol. The summed E-state index contributed by atoms with van der Waals surface area (Å²) in [6.07, 6.45) is 0. The summed E-state index contributed by atoms with van der Waals surface area (Å²) in [4.78, 5) is 18.8. The third-order valence-corrected chi connectivity index (χ3v) is 5.45. The Morgan fingerprint density at radius 1 is 1.12 bits per heavy atom. The number of halogens is 1. The number of carbonyl (C=O) groups is 1. The second-order valence-electron chi connectivity index (χ2n) is 5.90. The zero-order valence-corrected chi connectivity index (χ0v) is 15.6. The molecule has 1 amide bonds. The fourth-order valence-electron chi connectivity index (χ4n) is 2.69. The van der Waals surface area contributed by atoms with E-state index >= 15 is 0 Å². The van der Waals surface area contributed by atoms with E-state index < -0.39 is 0 Å². The summed E-state index contributed by atoms with van der Waals surface area (Å²) in [6, 6.07) is 18.9. The van der Waals surface area contributed by atoms with E-state index in [1.807, 2.05) is 48.5 Å². The van der Waals surface area contributed by atoms with E-state index in [1.165, 1.54) is 0 Å². The molecule has 4 rings (SSSR count). The summed E-state index contributed by atoms with van der Waals surface area (Å²) >= 11 is 7.71. The summed E-state index contributed by atoms with van der Waals surface area (Å²) in [5, 5.41) is 1.40. The van der Waals surface area contributed by atoms with Gasteiger partial charge < -0.3 is 9.32 Å². The number of rotatable bonds is 4. The van der Waals surface area contributed by atoms with Gasteiger partial charge in [-0.3, -0.25) is 4.79 Å². The molecule has 0 aliphatic carbocycles. The van der Waals surface area contributed by atoms with Gasteiger partial charge in [0.1, 0.15) is 0 Å². The Morgan fingerprint density at radius 3 is 2.69 bits per heavy atom. The van der Waals surface area contributed by atoms with Crippen LogP contribution in [0.15, 0.2) is 65.1 Å². The van der Waals surface area contributed by atoms with Crippen LogP contribution < -0.4 is 0 Å². The first-order valence-corrected chi connectivity index (χ1v) is 9.26. The quantitative estimate of drug-likeness (QED) is 0.469. The minimum atomic E-state index is -0.197. The van der Waals surface area contributed by atoms with E-state index in [2.05, 4.69) is 4.98 Å². The Hall–Kier alpha value is -2.63. The van der Waals surface area contributed by atoms with Crippen LogP contribution >= 0.6 is 22.9 Å². The van der Waals surface area contributed by atoms with Crippen molar-refractivity contribution in [3.8, 4) is 10.8 Å². The summed E-state index contributed by atoms with van der Waals surface area (Å²) < 4.78 is 6.86. The van der Waals surface area contributed by atoms with Crippen molar-refractivity contribution >= 4 is 39.1 Å². The van der Waals surface area contributed by atoms with Gasteiger partial charge in [-0.1, -0.05) is 41.9 Å². The Bertz CT molecular complexity index is 1050. The van der Waals surface area contributed by atoms with E-state index in [-0.39, 0.29) is 11.7 Å². The van der Waals surface area contributed by atoms with Crippen LogP contribution in [0.25, 0.3) is 21.0 Å². The molecule has 4 nitrogen and oxygen atoms in total. The van der Waals surface area contributed by atoms with Crippen LogP contribution in [0.5, 0.6) is 0 Å². The van der Waals surface area contributed by atoms with Crippen LogP contribution in [-0.2, 0) is 6.54 Å². The maximum absolute atomic E-state index is 12.6. The number of hydrogen-bond acceptors (Lipinski definition) is 4. The number of para-hydroxylation sites is 1. The summed E-state index contributed by atoms with van der Waals surface area (Å²) in [5.74, 6) is 0.687. The first-order valence-electron chi connectivity index (χ1n) is 8.06. The molecule has 0 radical (unpaired) electrons. The number of furan rings is 1. The van der Waals surface area contributed by atoms with Crippen molar-refractivity contribution in [2.75, 3.05) is 7.05 Å². The SMILES string of the molecule is CN(Cc1ccccc1Cl)C(=O)c1ccc(-c2nc3ccccc3s2)o1. The number of carbonyl (C=O) groups excluding carboxylic acids is 1. The van der Waals surface area contributed by atoms with E-state index in [0.717, 1.165) is 20.8 Å². The molecule has 0 N–H and O–H groups in total. The molecular formula is C20H15ClN2O2S. The van der Waals surface area contributed by atoms with Crippen LogP contribution in [0.4, 0.5) is 0 Å². The Kier molecular flexibility index (Phi) is 4.49. The Morgan fingerprint density at radius 2 is 1.88 bits per heavy atom. The number of amides is 1. The van der Waals surface area contributed by atoms with Gasteiger partial charge in [0.15, 0.2) is 16.5 Å². The number of aromatic nitrogens is 1. The summed E-state index contributed by atoms with van der Waals surface area (Å²) in [6.45, 7) is 0.412. The topological polar surface area (TPSA) is 46.3 Å². The molecule has 2 heterocycles. The average Bonchev–Trinajstić information content (AvgIpc) is 3.29. The number of hydrogen-bond donors (Lipinski definition) is 0. The molecular weight excluding hydrogens is 368 g/mol. The minimum absolute atomic E-state index is 0.197. The fourth-order valence-corrected chi connectivity index (χ4v) is 3.81. The van der Waals surface area contributed by atoms with Crippen LogP contribution in [0, 0.1) is 0 Å². The molecule has 0 spiro atoms. The molecule has 4 aromatic rings. The van der Waals surface area contributed by atoms with Gasteiger partial charge in [-0.05, 0) is 35.9 Å². The molecule has 0 atom stereocenters. The predicted molar refractivity (Wildman–Crippen MR) is 105 cm³/mol. The molecule has 0 aliphatic rings. The second kappa shape index (κ2) is 6.94. The normalized spacial score (nSPS) is 11.0. The van der Waals surface area contributed by atoms with Crippen molar-refractivity contribution in [2.24, 2.45) is 0 Å². The van der Waals surface area contributed by atoms with Crippen LogP contribution in [0.2, 0.25) is 5.02 Å². The maximum Gasteiger partial charge on any atom is 0.289 e. The van der Waals surface area contributed by atoms with Gasteiger partial charge in [0, 0.05) is 18.6 Å². The molecule has 2 aromatic heterocycles. The molecule has 2 aromatic carbocycles. The van der Waals surface area contributed by atoms with E-state index in [0.29, 0.717) is 17.3 Å². The predicted octanol–water partition coefficient (Wildman–Crippen LogP) is 5.48. The molecule has 0 fully saturated rings. The van der Waals surface area contributed by atoms with E-state index in [1.54, 1.807) is 35.4 Å². The highest BCUT2D eigenvalue weighted by Gasteiger charge is 2.19. The van der Waals surface area contributed by atoms with Gasteiger partial charge in [0.2, 0.25) is 0 Å². The van der Waals surface area contributed by atoms with Crippen molar-refractivity contribution in [3.63, 3.8) is 0 Å².